The van der Waals surface area contributed by atoms with Crippen LogP contribution in [0.3, 0.4) is 0 Å². The number of anilines is 1. The SMILES string of the molecule is Cc1cccc(OC(=O)[C@@H]2CC(=O)N(c3ccccc3Cl)C2)c1C. The number of esters is 1. The van der Waals surface area contributed by atoms with Crippen molar-refractivity contribution in [2.75, 3.05) is 11.4 Å². The van der Waals surface area contributed by atoms with Crippen LogP contribution in [0.4, 0.5) is 5.69 Å². The molecule has 1 aliphatic rings. The molecule has 124 valence electrons. The van der Waals surface area contributed by atoms with Gasteiger partial charge in [-0.3, -0.25) is 9.59 Å². The van der Waals surface area contributed by atoms with Crippen molar-refractivity contribution in [2.24, 2.45) is 5.92 Å². The normalized spacial score (nSPS) is 17.2. The number of nitrogens with zero attached hydrogens (tertiary/aromatic N) is 1. The summed E-state index contributed by atoms with van der Waals surface area (Å²) in [5, 5.41) is 0.495. The molecule has 2 aromatic rings. The molecule has 1 saturated heterocycles. The number of aryl methyl sites for hydroxylation is 1. The van der Waals surface area contributed by atoms with Crippen molar-refractivity contribution < 1.29 is 14.3 Å². The van der Waals surface area contributed by atoms with E-state index in [-0.39, 0.29) is 24.8 Å². The fourth-order valence-electron chi connectivity index (χ4n) is 2.80. The maximum atomic E-state index is 12.5. The number of benzene rings is 2. The van der Waals surface area contributed by atoms with Gasteiger partial charge in [-0.15, -0.1) is 0 Å². The predicted octanol–water partition coefficient (Wildman–Crippen LogP) is 3.92. The van der Waals surface area contributed by atoms with Crippen LogP contribution in [-0.2, 0) is 9.59 Å². The Bertz CT molecular complexity index is 803. The van der Waals surface area contributed by atoms with E-state index in [9.17, 15) is 9.59 Å². The number of hydrogen-bond acceptors (Lipinski definition) is 3. The van der Waals surface area contributed by atoms with Crippen LogP contribution in [0.2, 0.25) is 5.02 Å². The van der Waals surface area contributed by atoms with Gasteiger partial charge in [0.15, 0.2) is 0 Å². The van der Waals surface area contributed by atoms with Crippen molar-refractivity contribution in [1.29, 1.82) is 0 Å². The largest absolute Gasteiger partial charge is 0.426 e. The van der Waals surface area contributed by atoms with Crippen LogP contribution in [0.1, 0.15) is 17.5 Å². The van der Waals surface area contributed by atoms with Crippen LogP contribution in [0.25, 0.3) is 0 Å². The van der Waals surface area contributed by atoms with Crippen LogP contribution >= 0.6 is 11.6 Å². The van der Waals surface area contributed by atoms with Crippen molar-refractivity contribution in [3.05, 3.63) is 58.6 Å². The minimum Gasteiger partial charge on any atom is -0.426 e. The first-order valence-electron chi connectivity index (χ1n) is 7.80. The Balaban J connectivity index is 1.75. The number of para-hydroxylation sites is 1. The number of carbonyl (C=O) groups is 2. The van der Waals surface area contributed by atoms with E-state index in [0.29, 0.717) is 16.5 Å². The maximum Gasteiger partial charge on any atom is 0.316 e. The Kier molecular flexibility index (Phi) is 4.58. The van der Waals surface area contributed by atoms with Gasteiger partial charge in [-0.2, -0.15) is 0 Å². The second-order valence-electron chi connectivity index (χ2n) is 5.98. The number of hydrogen-bond donors (Lipinski definition) is 0. The van der Waals surface area contributed by atoms with Gasteiger partial charge >= 0.3 is 5.97 Å². The van der Waals surface area contributed by atoms with Gasteiger partial charge in [0.25, 0.3) is 0 Å². The highest BCUT2D eigenvalue weighted by atomic mass is 35.5. The molecular weight excluding hydrogens is 326 g/mol. The summed E-state index contributed by atoms with van der Waals surface area (Å²) in [4.78, 5) is 26.3. The van der Waals surface area contributed by atoms with Crippen molar-refractivity contribution in [1.82, 2.24) is 0 Å². The average molecular weight is 344 g/mol. The van der Waals surface area contributed by atoms with Crippen LogP contribution in [-0.4, -0.2) is 18.4 Å². The molecule has 24 heavy (non-hydrogen) atoms. The van der Waals surface area contributed by atoms with Crippen molar-refractivity contribution in [3.63, 3.8) is 0 Å². The van der Waals surface area contributed by atoms with Gasteiger partial charge in [0.05, 0.1) is 16.6 Å². The maximum absolute atomic E-state index is 12.5. The fourth-order valence-corrected chi connectivity index (χ4v) is 3.03. The van der Waals surface area contributed by atoms with Gasteiger partial charge in [0, 0.05) is 13.0 Å². The molecule has 0 aromatic heterocycles. The van der Waals surface area contributed by atoms with Gasteiger partial charge in [0.1, 0.15) is 5.75 Å². The Morgan fingerprint density at radius 1 is 1.17 bits per heavy atom. The van der Waals surface area contributed by atoms with E-state index >= 15 is 0 Å². The minimum absolute atomic E-state index is 0.119. The molecule has 0 unspecified atom stereocenters. The molecule has 0 radical (unpaired) electrons. The predicted molar refractivity (Wildman–Crippen MR) is 93.5 cm³/mol. The first-order valence-corrected chi connectivity index (χ1v) is 8.18. The highest BCUT2D eigenvalue weighted by Crippen LogP contribution is 2.32. The first-order chi connectivity index (χ1) is 11.5. The number of halogens is 1. The second kappa shape index (κ2) is 6.65. The van der Waals surface area contributed by atoms with Gasteiger partial charge in [-0.25, -0.2) is 0 Å². The lowest BCUT2D eigenvalue weighted by Gasteiger charge is -2.18. The smallest absolute Gasteiger partial charge is 0.316 e. The lowest BCUT2D eigenvalue weighted by molar-refractivity contribution is -0.139. The Morgan fingerprint density at radius 2 is 1.92 bits per heavy atom. The van der Waals surface area contributed by atoms with Crippen LogP contribution in [0.15, 0.2) is 42.5 Å². The molecule has 0 saturated carbocycles. The third-order valence-corrected chi connectivity index (χ3v) is 4.69. The zero-order chi connectivity index (χ0) is 17.3. The third kappa shape index (κ3) is 3.15. The molecule has 3 rings (SSSR count). The summed E-state index contributed by atoms with van der Waals surface area (Å²) in [5.41, 5.74) is 2.62. The molecule has 0 bridgehead atoms. The topological polar surface area (TPSA) is 46.6 Å². The molecule has 2 aromatic carbocycles. The van der Waals surface area contributed by atoms with Crippen LogP contribution < -0.4 is 9.64 Å². The molecule has 4 nitrogen and oxygen atoms in total. The first kappa shape index (κ1) is 16.5. The van der Waals surface area contributed by atoms with Crippen molar-refractivity contribution >= 4 is 29.2 Å². The third-order valence-electron chi connectivity index (χ3n) is 4.37. The Hall–Kier alpha value is -2.33. The fraction of sp³-hybridized carbons (Fsp3) is 0.263. The lowest BCUT2D eigenvalue weighted by Crippen LogP contribution is -2.27. The Labute approximate surface area is 146 Å². The summed E-state index contributed by atoms with van der Waals surface area (Å²) in [6, 6.07) is 12.7. The number of rotatable bonds is 3. The zero-order valence-electron chi connectivity index (χ0n) is 13.6. The van der Waals surface area contributed by atoms with E-state index in [1.807, 2.05) is 32.0 Å². The summed E-state index contributed by atoms with van der Waals surface area (Å²) >= 11 is 6.15. The summed E-state index contributed by atoms with van der Waals surface area (Å²) in [7, 11) is 0. The molecule has 0 N–H and O–H groups in total. The average Bonchev–Trinajstić information content (AvgIpc) is 2.94. The van der Waals surface area contributed by atoms with Crippen LogP contribution in [0, 0.1) is 19.8 Å². The lowest BCUT2D eigenvalue weighted by atomic mass is 10.1. The van der Waals surface area contributed by atoms with E-state index in [4.69, 9.17) is 16.3 Å². The molecule has 1 heterocycles. The molecule has 1 amide bonds. The van der Waals surface area contributed by atoms with Gasteiger partial charge in [0.2, 0.25) is 5.91 Å². The molecule has 0 aliphatic carbocycles. The van der Waals surface area contributed by atoms with Gasteiger partial charge in [-0.05, 0) is 43.2 Å². The summed E-state index contributed by atoms with van der Waals surface area (Å²) in [6.45, 7) is 4.16. The monoisotopic (exact) mass is 343 g/mol. The summed E-state index contributed by atoms with van der Waals surface area (Å²) < 4.78 is 5.52. The summed E-state index contributed by atoms with van der Waals surface area (Å²) in [6.07, 6.45) is 0.134. The van der Waals surface area contributed by atoms with Crippen molar-refractivity contribution in [2.45, 2.75) is 20.3 Å². The van der Waals surface area contributed by atoms with E-state index in [1.165, 1.54) is 0 Å². The van der Waals surface area contributed by atoms with E-state index < -0.39 is 5.92 Å². The highest BCUT2D eigenvalue weighted by molar-refractivity contribution is 6.33. The van der Waals surface area contributed by atoms with E-state index in [0.717, 1.165) is 11.1 Å². The quantitative estimate of drug-likeness (QED) is 0.627. The number of carbonyl (C=O) groups excluding carboxylic acids is 2. The number of amides is 1. The van der Waals surface area contributed by atoms with E-state index in [1.54, 1.807) is 29.2 Å². The molecule has 1 atom stereocenters. The molecular formula is C19H18ClNO3. The van der Waals surface area contributed by atoms with Crippen LogP contribution in [0.5, 0.6) is 5.75 Å². The zero-order valence-corrected chi connectivity index (χ0v) is 14.3. The van der Waals surface area contributed by atoms with Gasteiger partial charge in [-0.1, -0.05) is 35.9 Å². The van der Waals surface area contributed by atoms with E-state index in [2.05, 4.69) is 0 Å². The molecule has 5 heteroatoms. The number of ether oxygens (including phenoxy) is 1. The second-order valence-corrected chi connectivity index (χ2v) is 6.38. The summed E-state index contributed by atoms with van der Waals surface area (Å²) in [5.74, 6) is -0.449. The van der Waals surface area contributed by atoms with Crippen molar-refractivity contribution in [3.8, 4) is 5.75 Å². The minimum atomic E-state index is -0.492. The van der Waals surface area contributed by atoms with Gasteiger partial charge < -0.3 is 9.64 Å². The highest BCUT2D eigenvalue weighted by Gasteiger charge is 2.37. The standard InChI is InChI=1S/C19H18ClNO3/c1-12-6-5-9-17(13(12)2)24-19(23)14-10-18(22)21(11-14)16-8-4-3-7-15(16)20/h3-9,14H,10-11H2,1-2H3/t14-/m1/s1. The Morgan fingerprint density at radius 3 is 2.67 bits per heavy atom. The molecule has 1 aliphatic heterocycles. The molecule has 0 spiro atoms. The molecule has 1 fully saturated rings.